The molecule has 5 nitrogen and oxygen atoms in total. The monoisotopic (exact) mass is 343 g/mol. The molecule has 3 N–H and O–H groups in total. The number of aromatic nitrogens is 1. The van der Waals surface area contributed by atoms with Crippen LogP contribution in [0.5, 0.6) is 5.75 Å². The highest BCUT2D eigenvalue weighted by molar-refractivity contribution is 6.10. The molecule has 3 aromatic carbocycles. The van der Waals surface area contributed by atoms with Crippen molar-refractivity contribution in [1.29, 1.82) is 0 Å². The molecule has 0 atom stereocenters. The maximum absolute atomic E-state index is 12.6. The Labute approximate surface area is 150 Å². The van der Waals surface area contributed by atoms with Crippen molar-refractivity contribution >= 4 is 33.3 Å². The van der Waals surface area contributed by atoms with Gasteiger partial charge in [-0.2, -0.15) is 5.10 Å². The maximum atomic E-state index is 12.6. The summed E-state index contributed by atoms with van der Waals surface area (Å²) in [6.07, 6.45) is 0. The molecule has 0 aliphatic heterocycles. The fourth-order valence-electron chi connectivity index (χ4n) is 3.02. The van der Waals surface area contributed by atoms with Gasteiger partial charge >= 0.3 is 0 Å². The molecule has 0 aliphatic carbocycles. The number of nitrogens with one attached hydrogen (secondary N) is 2. The molecule has 0 unspecified atom stereocenters. The summed E-state index contributed by atoms with van der Waals surface area (Å²) in [4.78, 5) is 15.9. The van der Waals surface area contributed by atoms with Gasteiger partial charge < -0.3 is 10.1 Å². The first-order valence-corrected chi connectivity index (χ1v) is 8.27. The number of fused-ring (bicyclic) bond motifs is 2. The standard InChI is InChI=1S/C21H17N3O2/c1-13(18-12-15-7-3-5-9-17(15)22-18)23-24-21(26)20-16-8-4-2-6-14(16)10-11-19(20)25/h2-12,22,25H,1H3,(H,24,26). The van der Waals surface area contributed by atoms with Crippen molar-refractivity contribution < 1.29 is 9.90 Å². The molecule has 4 aromatic rings. The highest BCUT2D eigenvalue weighted by Crippen LogP contribution is 2.27. The van der Waals surface area contributed by atoms with Crippen LogP contribution in [0, 0.1) is 0 Å². The van der Waals surface area contributed by atoms with Gasteiger partial charge in [0.15, 0.2) is 0 Å². The van der Waals surface area contributed by atoms with Crippen LogP contribution in [0.15, 0.2) is 71.8 Å². The number of hydrazone groups is 1. The summed E-state index contributed by atoms with van der Waals surface area (Å²) in [6, 6.07) is 20.6. The van der Waals surface area contributed by atoms with E-state index in [0.717, 1.165) is 22.0 Å². The predicted molar refractivity (Wildman–Crippen MR) is 104 cm³/mol. The van der Waals surface area contributed by atoms with Crippen LogP contribution in [0.25, 0.3) is 21.7 Å². The van der Waals surface area contributed by atoms with Gasteiger partial charge in [0.1, 0.15) is 5.75 Å². The summed E-state index contributed by atoms with van der Waals surface area (Å²) < 4.78 is 0. The summed E-state index contributed by atoms with van der Waals surface area (Å²) in [5.74, 6) is -0.519. The van der Waals surface area contributed by atoms with Gasteiger partial charge in [-0.25, -0.2) is 5.43 Å². The van der Waals surface area contributed by atoms with Crippen molar-refractivity contribution in [2.75, 3.05) is 0 Å². The van der Waals surface area contributed by atoms with Crippen molar-refractivity contribution in [2.45, 2.75) is 6.92 Å². The Hall–Kier alpha value is -3.60. The normalized spacial score (nSPS) is 11.8. The van der Waals surface area contributed by atoms with Crippen molar-refractivity contribution in [3.8, 4) is 5.75 Å². The number of amides is 1. The molecule has 5 heteroatoms. The Balaban J connectivity index is 1.64. The molecule has 0 bridgehead atoms. The van der Waals surface area contributed by atoms with E-state index in [4.69, 9.17) is 0 Å². The third-order valence-corrected chi connectivity index (χ3v) is 4.38. The lowest BCUT2D eigenvalue weighted by atomic mass is 10.0. The summed E-state index contributed by atoms with van der Waals surface area (Å²) >= 11 is 0. The number of H-pyrrole nitrogens is 1. The zero-order valence-electron chi connectivity index (χ0n) is 14.2. The third kappa shape index (κ3) is 2.80. The van der Waals surface area contributed by atoms with Gasteiger partial charge in [-0.3, -0.25) is 4.79 Å². The molecule has 1 amide bonds. The molecule has 26 heavy (non-hydrogen) atoms. The molecule has 0 saturated carbocycles. The maximum Gasteiger partial charge on any atom is 0.275 e. The van der Waals surface area contributed by atoms with E-state index in [9.17, 15) is 9.90 Å². The minimum Gasteiger partial charge on any atom is -0.507 e. The second kappa shape index (κ2) is 6.37. The number of carbonyl (C=O) groups excluding carboxylic acids is 1. The lowest BCUT2D eigenvalue weighted by molar-refractivity contribution is 0.0954. The first-order chi connectivity index (χ1) is 12.6. The van der Waals surface area contributed by atoms with E-state index in [1.807, 2.05) is 55.5 Å². The van der Waals surface area contributed by atoms with Gasteiger partial charge in [-0.05, 0) is 35.9 Å². The van der Waals surface area contributed by atoms with E-state index in [-0.39, 0.29) is 11.3 Å². The topological polar surface area (TPSA) is 77.5 Å². The van der Waals surface area contributed by atoms with Gasteiger partial charge in [0.2, 0.25) is 0 Å². The first kappa shape index (κ1) is 15.9. The largest absolute Gasteiger partial charge is 0.507 e. The minimum atomic E-state index is -0.449. The number of aromatic amines is 1. The molecule has 0 saturated heterocycles. The lowest BCUT2D eigenvalue weighted by Crippen LogP contribution is -2.20. The smallest absolute Gasteiger partial charge is 0.275 e. The highest BCUT2D eigenvalue weighted by Gasteiger charge is 2.15. The van der Waals surface area contributed by atoms with Gasteiger partial charge in [-0.15, -0.1) is 0 Å². The molecule has 0 fully saturated rings. The van der Waals surface area contributed by atoms with Crippen LogP contribution < -0.4 is 5.43 Å². The van der Waals surface area contributed by atoms with Crippen LogP contribution in [-0.4, -0.2) is 21.7 Å². The number of hydrogen-bond donors (Lipinski definition) is 3. The highest BCUT2D eigenvalue weighted by atomic mass is 16.3. The van der Waals surface area contributed by atoms with Crippen LogP contribution in [0.4, 0.5) is 0 Å². The number of para-hydroxylation sites is 1. The van der Waals surface area contributed by atoms with Crippen LogP contribution in [0.2, 0.25) is 0 Å². The number of rotatable bonds is 3. The van der Waals surface area contributed by atoms with Crippen molar-refractivity contribution in [3.63, 3.8) is 0 Å². The SMILES string of the molecule is CC(=NNC(=O)c1c(O)ccc2ccccc12)c1cc2ccccc2[nH]1. The Morgan fingerprint density at radius 1 is 1.00 bits per heavy atom. The Bertz CT molecular complexity index is 1130. The first-order valence-electron chi connectivity index (χ1n) is 8.27. The minimum absolute atomic E-state index is 0.0698. The molecule has 0 aliphatic rings. The predicted octanol–water partition coefficient (Wildman–Crippen LogP) is 4.18. The third-order valence-electron chi connectivity index (χ3n) is 4.38. The number of phenolic OH excluding ortho intramolecular Hbond substituents is 1. The van der Waals surface area contributed by atoms with Crippen molar-refractivity contribution in [3.05, 3.63) is 78.0 Å². The average molecular weight is 343 g/mol. The summed E-state index contributed by atoms with van der Waals surface area (Å²) in [6.45, 7) is 1.81. The number of benzene rings is 3. The van der Waals surface area contributed by atoms with Crippen LogP contribution in [0.3, 0.4) is 0 Å². The molecular formula is C21H17N3O2. The van der Waals surface area contributed by atoms with Crippen LogP contribution >= 0.6 is 0 Å². The molecule has 128 valence electrons. The molecule has 4 rings (SSSR count). The molecule has 1 aromatic heterocycles. The van der Waals surface area contributed by atoms with Gasteiger partial charge in [0, 0.05) is 10.9 Å². The number of phenols is 1. The summed E-state index contributed by atoms with van der Waals surface area (Å²) in [7, 11) is 0. The van der Waals surface area contributed by atoms with Gasteiger partial charge in [0.25, 0.3) is 5.91 Å². The Morgan fingerprint density at radius 2 is 1.73 bits per heavy atom. The fourth-order valence-corrected chi connectivity index (χ4v) is 3.02. The van der Waals surface area contributed by atoms with E-state index >= 15 is 0 Å². The van der Waals surface area contributed by atoms with Crippen molar-refractivity contribution in [2.24, 2.45) is 5.10 Å². The molecule has 0 spiro atoms. The molecule has 1 heterocycles. The summed E-state index contributed by atoms with van der Waals surface area (Å²) in [5, 5.41) is 17.0. The quantitative estimate of drug-likeness (QED) is 0.385. The Morgan fingerprint density at radius 3 is 2.54 bits per heavy atom. The fraction of sp³-hybridized carbons (Fsp3) is 0.0476. The van der Waals surface area contributed by atoms with Crippen LogP contribution in [-0.2, 0) is 0 Å². The van der Waals surface area contributed by atoms with Gasteiger partial charge in [0.05, 0.1) is 17.0 Å². The number of nitrogens with zero attached hydrogens (tertiary/aromatic N) is 1. The van der Waals surface area contributed by atoms with Crippen LogP contribution in [0.1, 0.15) is 23.0 Å². The second-order valence-corrected chi connectivity index (χ2v) is 6.09. The van der Waals surface area contributed by atoms with E-state index in [2.05, 4.69) is 15.5 Å². The number of carbonyl (C=O) groups is 1. The summed E-state index contributed by atoms with van der Waals surface area (Å²) in [5.41, 5.74) is 5.25. The zero-order valence-corrected chi connectivity index (χ0v) is 14.2. The molecule has 0 radical (unpaired) electrons. The van der Waals surface area contributed by atoms with Crippen molar-refractivity contribution in [1.82, 2.24) is 10.4 Å². The second-order valence-electron chi connectivity index (χ2n) is 6.09. The van der Waals surface area contributed by atoms with Gasteiger partial charge in [-0.1, -0.05) is 48.5 Å². The van der Waals surface area contributed by atoms with E-state index < -0.39 is 5.91 Å². The number of aromatic hydroxyl groups is 1. The zero-order chi connectivity index (χ0) is 18.1. The Kier molecular flexibility index (Phi) is 3.89. The van der Waals surface area contributed by atoms with E-state index in [0.29, 0.717) is 11.1 Å². The number of hydrogen-bond acceptors (Lipinski definition) is 3. The lowest BCUT2D eigenvalue weighted by Gasteiger charge is -2.08. The van der Waals surface area contributed by atoms with E-state index in [1.165, 1.54) is 6.07 Å². The van der Waals surface area contributed by atoms with E-state index in [1.54, 1.807) is 12.1 Å². The molecular weight excluding hydrogens is 326 g/mol. The average Bonchev–Trinajstić information content (AvgIpc) is 3.10.